The van der Waals surface area contributed by atoms with Crippen LogP contribution in [0.2, 0.25) is 0 Å². The van der Waals surface area contributed by atoms with E-state index in [-0.39, 0.29) is 5.56 Å². The predicted molar refractivity (Wildman–Crippen MR) is 71.6 cm³/mol. The highest BCUT2D eigenvalue weighted by atomic mass is 32.1. The first kappa shape index (κ1) is 14.8. The molecule has 0 aliphatic carbocycles. The number of aromatic nitrogens is 1. The van der Waals surface area contributed by atoms with Gasteiger partial charge in [0.25, 0.3) is 0 Å². The quantitative estimate of drug-likeness (QED) is 0.941. The lowest BCUT2D eigenvalue weighted by Gasteiger charge is -2.21. The van der Waals surface area contributed by atoms with Crippen molar-refractivity contribution >= 4 is 17.0 Å². The number of alkyl halides is 3. The van der Waals surface area contributed by atoms with Gasteiger partial charge in [-0.1, -0.05) is 6.07 Å². The second-order valence-electron chi connectivity index (χ2n) is 4.33. The molecule has 0 bridgehead atoms. The van der Waals surface area contributed by atoms with E-state index >= 15 is 0 Å². The number of hydrogen-bond donors (Lipinski definition) is 1. The first-order valence-corrected chi connectivity index (χ1v) is 6.75. The van der Waals surface area contributed by atoms with Gasteiger partial charge in [0.05, 0.1) is 29.9 Å². The zero-order valence-electron chi connectivity index (χ0n) is 10.7. The zero-order valence-corrected chi connectivity index (χ0v) is 11.5. The Labute approximate surface area is 118 Å². The van der Waals surface area contributed by atoms with Gasteiger partial charge in [0.1, 0.15) is 0 Å². The molecule has 0 atom stereocenters. The van der Waals surface area contributed by atoms with Gasteiger partial charge in [-0.15, -0.1) is 11.3 Å². The summed E-state index contributed by atoms with van der Waals surface area (Å²) in [4.78, 5) is 5.79. The summed E-state index contributed by atoms with van der Waals surface area (Å²) < 4.78 is 38.7. The molecule has 0 saturated carbocycles. The van der Waals surface area contributed by atoms with Crippen LogP contribution in [0, 0.1) is 0 Å². The van der Waals surface area contributed by atoms with Gasteiger partial charge in [0.15, 0.2) is 0 Å². The van der Waals surface area contributed by atoms with E-state index in [0.29, 0.717) is 12.2 Å². The third-order valence-corrected chi connectivity index (χ3v) is 3.53. The van der Waals surface area contributed by atoms with Crippen molar-refractivity contribution in [1.29, 1.82) is 0 Å². The van der Waals surface area contributed by atoms with E-state index in [0.717, 1.165) is 11.8 Å². The molecule has 0 unspecified atom stereocenters. The Morgan fingerprint density at radius 1 is 1.35 bits per heavy atom. The molecule has 1 heterocycles. The lowest BCUT2D eigenvalue weighted by Crippen LogP contribution is -2.18. The zero-order chi connectivity index (χ0) is 14.8. The fourth-order valence-corrected chi connectivity index (χ4v) is 2.40. The molecule has 7 heteroatoms. The molecule has 0 fully saturated rings. The maximum absolute atomic E-state index is 12.9. The van der Waals surface area contributed by atoms with Crippen LogP contribution < -0.4 is 4.90 Å². The number of thiazole rings is 1. The molecule has 3 nitrogen and oxygen atoms in total. The van der Waals surface area contributed by atoms with Gasteiger partial charge in [0, 0.05) is 18.1 Å². The maximum atomic E-state index is 12.9. The minimum absolute atomic E-state index is 0.122. The molecule has 0 radical (unpaired) electrons. The molecule has 0 aliphatic heterocycles. The monoisotopic (exact) mass is 302 g/mol. The summed E-state index contributed by atoms with van der Waals surface area (Å²) in [7, 11) is 1.70. The van der Waals surface area contributed by atoms with Gasteiger partial charge in [-0.05, 0) is 17.7 Å². The van der Waals surface area contributed by atoms with E-state index < -0.39 is 18.3 Å². The van der Waals surface area contributed by atoms with Crippen molar-refractivity contribution in [2.75, 3.05) is 11.9 Å². The Bertz CT molecular complexity index is 569. The number of nitrogens with zero attached hydrogens (tertiary/aromatic N) is 2. The van der Waals surface area contributed by atoms with Crippen LogP contribution in [0.5, 0.6) is 0 Å². The molecule has 1 aromatic carbocycles. The molecular weight excluding hydrogens is 289 g/mol. The summed E-state index contributed by atoms with van der Waals surface area (Å²) in [6, 6.07) is 3.92. The smallest absolute Gasteiger partial charge is 0.392 e. The normalized spacial score (nSPS) is 11.7. The second-order valence-corrected chi connectivity index (χ2v) is 5.05. The van der Waals surface area contributed by atoms with E-state index in [1.165, 1.54) is 17.4 Å². The topological polar surface area (TPSA) is 36.4 Å². The van der Waals surface area contributed by atoms with Crippen LogP contribution in [-0.4, -0.2) is 17.1 Å². The van der Waals surface area contributed by atoms with Crippen molar-refractivity contribution < 1.29 is 18.3 Å². The standard InChI is InChI=1S/C13H13F3N2OS/c1-18(5-10-7-20-8-17-10)11-3-2-9(6-19)12(4-11)13(14,15)16/h2-4,7-8,19H,5-6H2,1H3. The van der Waals surface area contributed by atoms with Crippen molar-refractivity contribution in [3.05, 3.63) is 45.9 Å². The molecule has 0 aliphatic rings. The van der Waals surface area contributed by atoms with Crippen LogP contribution in [0.1, 0.15) is 16.8 Å². The van der Waals surface area contributed by atoms with Crippen molar-refractivity contribution in [1.82, 2.24) is 4.98 Å². The van der Waals surface area contributed by atoms with Crippen molar-refractivity contribution in [2.45, 2.75) is 19.3 Å². The fourth-order valence-electron chi connectivity index (χ4n) is 1.85. The second kappa shape index (κ2) is 5.80. The minimum Gasteiger partial charge on any atom is -0.392 e. The van der Waals surface area contributed by atoms with Crippen molar-refractivity contribution in [3.63, 3.8) is 0 Å². The van der Waals surface area contributed by atoms with Crippen LogP contribution in [0.3, 0.4) is 0 Å². The van der Waals surface area contributed by atoms with E-state index in [2.05, 4.69) is 4.98 Å². The Balaban J connectivity index is 2.28. The first-order chi connectivity index (χ1) is 9.41. The highest BCUT2D eigenvalue weighted by Gasteiger charge is 2.33. The van der Waals surface area contributed by atoms with Gasteiger partial charge in [-0.2, -0.15) is 13.2 Å². The number of aliphatic hydroxyl groups excluding tert-OH is 1. The number of aliphatic hydroxyl groups is 1. The molecular formula is C13H13F3N2OS. The van der Waals surface area contributed by atoms with E-state index in [1.807, 2.05) is 5.38 Å². The van der Waals surface area contributed by atoms with Gasteiger partial charge in [-0.3, -0.25) is 0 Å². The van der Waals surface area contributed by atoms with Crippen molar-refractivity contribution in [2.24, 2.45) is 0 Å². The number of anilines is 1. The van der Waals surface area contributed by atoms with Gasteiger partial charge >= 0.3 is 6.18 Å². The Kier molecular flexibility index (Phi) is 4.29. The molecule has 1 N–H and O–H groups in total. The fraction of sp³-hybridized carbons (Fsp3) is 0.308. The third-order valence-electron chi connectivity index (χ3n) is 2.89. The molecule has 0 amide bonds. The van der Waals surface area contributed by atoms with Crippen LogP contribution in [-0.2, 0) is 19.3 Å². The minimum atomic E-state index is -4.48. The maximum Gasteiger partial charge on any atom is 0.416 e. The highest BCUT2D eigenvalue weighted by Crippen LogP contribution is 2.34. The molecule has 2 rings (SSSR count). The lowest BCUT2D eigenvalue weighted by atomic mass is 10.1. The molecule has 1 aromatic heterocycles. The first-order valence-electron chi connectivity index (χ1n) is 5.81. The van der Waals surface area contributed by atoms with Gasteiger partial charge in [-0.25, -0.2) is 4.98 Å². The van der Waals surface area contributed by atoms with Crippen LogP contribution in [0.4, 0.5) is 18.9 Å². The van der Waals surface area contributed by atoms with Crippen LogP contribution >= 0.6 is 11.3 Å². The van der Waals surface area contributed by atoms with Gasteiger partial charge in [0.2, 0.25) is 0 Å². The number of benzene rings is 1. The summed E-state index contributed by atoms with van der Waals surface area (Å²) in [6.45, 7) is -0.204. The Morgan fingerprint density at radius 2 is 2.10 bits per heavy atom. The molecule has 108 valence electrons. The van der Waals surface area contributed by atoms with Crippen molar-refractivity contribution in [3.8, 4) is 0 Å². The van der Waals surface area contributed by atoms with E-state index in [1.54, 1.807) is 23.5 Å². The summed E-state index contributed by atoms with van der Waals surface area (Å²) in [5.74, 6) is 0. The molecule has 20 heavy (non-hydrogen) atoms. The molecule has 0 spiro atoms. The van der Waals surface area contributed by atoms with E-state index in [4.69, 9.17) is 5.11 Å². The molecule has 0 saturated heterocycles. The highest BCUT2D eigenvalue weighted by molar-refractivity contribution is 7.07. The summed E-state index contributed by atoms with van der Waals surface area (Å²) in [5.41, 5.74) is 1.99. The largest absolute Gasteiger partial charge is 0.416 e. The van der Waals surface area contributed by atoms with Crippen LogP contribution in [0.25, 0.3) is 0 Å². The van der Waals surface area contributed by atoms with Crippen LogP contribution in [0.15, 0.2) is 29.1 Å². The Hall–Kier alpha value is -1.60. The summed E-state index contributed by atoms with van der Waals surface area (Å²) in [5, 5.41) is 10.8. The summed E-state index contributed by atoms with van der Waals surface area (Å²) >= 11 is 1.44. The number of rotatable bonds is 4. The number of halogens is 3. The average Bonchev–Trinajstić information content (AvgIpc) is 2.89. The summed E-state index contributed by atoms with van der Waals surface area (Å²) in [6.07, 6.45) is -4.48. The van der Waals surface area contributed by atoms with Gasteiger partial charge < -0.3 is 10.0 Å². The third kappa shape index (κ3) is 3.29. The molecule has 2 aromatic rings. The SMILES string of the molecule is CN(Cc1cscn1)c1ccc(CO)c(C(F)(F)F)c1. The lowest BCUT2D eigenvalue weighted by molar-refractivity contribution is -0.138. The number of hydrogen-bond acceptors (Lipinski definition) is 4. The average molecular weight is 302 g/mol. The predicted octanol–water partition coefficient (Wildman–Crippen LogP) is 3.29. The Morgan fingerprint density at radius 3 is 2.65 bits per heavy atom. The van der Waals surface area contributed by atoms with E-state index in [9.17, 15) is 13.2 Å².